The zero-order valence-corrected chi connectivity index (χ0v) is 21.7. The quantitative estimate of drug-likeness (QED) is 0.132. The minimum absolute atomic E-state index is 0.0131. The largest absolute Gasteiger partial charge is 0.394 e. The van der Waals surface area contributed by atoms with Crippen molar-refractivity contribution in [2.75, 3.05) is 11.1 Å². The average molecular weight is 625 g/mol. The Kier molecular flexibility index (Phi) is 7.31. The van der Waals surface area contributed by atoms with Crippen LogP contribution in [0, 0.1) is 29.2 Å². The molecule has 1 amide bonds. The Morgan fingerprint density at radius 2 is 1.69 bits per heavy atom. The maximum atomic E-state index is 14.2. The molecule has 2 unspecified atom stereocenters. The van der Waals surface area contributed by atoms with Crippen LogP contribution in [0.2, 0.25) is 5.02 Å². The highest BCUT2D eigenvalue weighted by molar-refractivity contribution is 9.10. The molecular formula is C24H14BrCl3F4N2O2. The molecule has 4 nitrogen and oxygen atoms in total. The number of benzene rings is 3. The van der Waals surface area contributed by atoms with E-state index in [1.165, 1.54) is 24.3 Å². The van der Waals surface area contributed by atoms with E-state index >= 15 is 0 Å². The Hall–Kier alpha value is -2.33. The summed E-state index contributed by atoms with van der Waals surface area (Å²) in [5, 5.41) is 2.28. The number of rotatable bonds is 6. The van der Waals surface area contributed by atoms with E-state index in [9.17, 15) is 27.2 Å². The van der Waals surface area contributed by atoms with Crippen LogP contribution in [0.3, 0.4) is 0 Å². The molecule has 0 bridgehead atoms. The molecule has 1 aliphatic rings. The highest BCUT2D eigenvalue weighted by atomic mass is 79.9. The fraction of sp³-hybridized carbons (Fsp3) is 0.167. The molecule has 188 valence electrons. The van der Waals surface area contributed by atoms with Gasteiger partial charge in [-0.1, -0.05) is 17.7 Å². The summed E-state index contributed by atoms with van der Waals surface area (Å²) in [6.45, 7) is 0. The van der Waals surface area contributed by atoms with E-state index in [1.807, 2.05) is 0 Å². The molecule has 0 saturated heterocycles. The van der Waals surface area contributed by atoms with Gasteiger partial charge in [-0.15, -0.1) is 23.2 Å². The minimum Gasteiger partial charge on any atom is -0.394 e. The topological polar surface area (TPSA) is 72.2 Å². The van der Waals surface area contributed by atoms with E-state index in [4.69, 9.17) is 40.5 Å². The predicted octanol–water partition coefficient (Wildman–Crippen LogP) is 7.19. The van der Waals surface area contributed by atoms with Gasteiger partial charge in [0, 0.05) is 12.3 Å². The predicted molar refractivity (Wildman–Crippen MR) is 134 cm³/mol. The van der Waals surface area contributed by atoms with Crippen LogP contribution < -0.4 is 11.1 Å². The molecule has 0 aromatic heterocycles. The van der Waals surface area contributed by atoms with Gasteiger partial charge >= 0.3 is 0 Å². The van der Waals surface area contributed by atoms with E-state index in [0.717, 1.165) is 18.2 Å². The maximum absolute atomic E-state index is 14.2. The Morgan fingerprint density at radius 3 is 2.36 bits per heavy atom. The lowest BCUT2D eigenvalue weighted by Gasteiger charge is -2.11. The summed E-state index contributed by atoms with van der Waals surface area (Å²) in [6, 6.07) is 8.35. The van der Waals surface area contributed by atoms with Crippen molar-refractivity contribution in [2.45, 2.75) is 16.7 Å². The summed E-state index contributed by atoms with van der Waals surface area (Å²) in [5.74, 6) is -7.23. The van der Waals surface area contributed by atoms with Crippen LogP contribution in [-0.2, 0) is 11.2 Å². The van der Waals surface area contributed by atoms with Crippen LogP contribution in [0.5, 0.6) is 0 Å². The SMILES string of the molecule is Nc1c(F)ccc(NC(=O)c2cc(CC(=O)C3C(c4cc(F)c(F)c(Br)c4)C3(Cl)Cl)ccc2Cl)c1F. The van der Waals surface area contributed by atoms with E-state index in [-0.39, 0.29) is 32.7 Å². The van der Waals surface area contributed by atoms with Gasteiger partial charge in [0.25, 0.3) is 5.91 Å². The van der Waals surface area contributed by atoms with Crippen LogP contribution in [0.15, 0.2) is 46.9 Å². The number of Topliss-reactive ketones (excluding diaryl/α,β-unsaturated/α-hetero) is 1. The Balaban J connectivity index is 1.53. The lowest BCUT2D eigenvalue weighted by Crippen LogP contribution is -2.16. The number of carbonyl (C=O) groups is 2. The second-order valence-corrected chi connectivity index (χ2v) is 10.9. The summed E-state index contributed by atoms with van der Waals surface area (Å²) in [5.41, 5.74) is 4.74. The first kappa shape index (κ1) is 26.7. The molecule has 3 aromatic rings. The van der Waals surface area contributed by atoms with Gasteiger partial charge in [0.05, 0.1) is 26.7 Å². The zero-order valence-electron chi connectivity index (χ0n) is 17.8. The fourth-order valence-electron chi connectivity index (χ4n) is 3.92. The highest BCUT2D eigenvalue weighted by Crippen LogP contribution is 2.65. The van der Waals surface area contributed by atoms with Gasteiger partial charge in [0.1, 0.15) is 21.6 Å². The summed E-state index contributed by atoms with van der Waals surface area (Å²) in [7, 11) is 0. The summed E-state index contributed by atoms with van der Waals surface area (Å²) >= 11 is 21.6. The number of amides is 1. The van der Waals surface area contributed by atoms with Crippen molar-refractivity contribution in [2.24, 2.45) is 5.92 Å². The van der Waals surface area contributed by atoms with Gasteiger partial charge in [-0.05, 0) is 63.5 Å². The molecule has 36 heavy (non-hydrogen) atoms. The standard InChI is InChI=1S/C24H14BrCl3F4N2O2/c25-12-7-10(8-15(30)20(12)31)18-19(24(18,27)28)17(35)6-9-1-2-13(26)11(5-9)23(36)34-16-4-3-14(29)22(33)21(16)32/h1-5,7-8,18-19H,6,33H2,(H,34,36). The second-order valence-electron chi connectivity index (χ2n) is 8.16. The molecule has 2 atom stereocenters. The lowest BCUT2D eigenvalue weighted by atomic mass is 10.0. The first-order chi connectivity index (χ1) is 16.8. The van der Waals surface area contributed by atoms with Gasteiger partial charge < -0.3 is 11.1 Å². The molecule has 0 heterocycles. The van der Waals surface area contributed by atoms with Crippen LogP contribution in [0.25, 0.3) is 0 Å². The summed E-state index contributed by atoms with van der Waals surface area (Å²) < 4.78 is 53.4. The normalized spacial score (nSPS) is 18.1. The Bertz CT molecular complexity index is 1400. The minimum atomic E-state index is -1.53. The van der Waals surface area contributed by atoms with Gasteiger partial charge in [0.15, 0.2) is 17.5 Å². The Labute approximate surface area is 225 Å². The van der Waals surface area contributed by atoms with Gasteiger partial charge in [-0.25, -0.2) is 17.6 Å². The van der Waals surface area contributed by atoms with Crippen molar-refractivity contribution in [3.8, 4) is 0 Å². The summed E-state index contributed by atoms with van der Waals surface area (Å²) in [4.78, 5) is 25.7. The van der Waals surface area contributed by atoms with Crippen LogP contribution in [0.1, 0.15) is 27.4 Å². The van der Waals surface area contributed by atoms with Crippen LogP contribution >= 0.6 is 50.7 Å². The van der Waals surface area contributed by atoms with Crippen molar-refractivity contribution in [1.82, 2.24) is 0 Å². The molecule has 1 aliphatic carbocycles. The highest BCUT2D eigenvalue weighted by Gasteiger charge is 2.67. The molecular weight excluding hydrogens is 611 g/mol. The van der Waals surface area contributed by atoms with E-state index in [0.29, 0.717) is 5.56 Å². The molecule has 3 N–H and O–H groups in total. The Morgan fingerprint density at radius 1 is 1.00 bits per heavy atom. The number of alkyl halides is 2. The third kappa shape index (κ3) is 4.94. The van der Waals surface area contributed by atoms with Gasteiger partial charge in [-0.3, -0.25) is 9.59 Å². The zero-order chi connectivity index (χ0) is 26.5. The van der Waals surface area contributed by atoms with Crippen molar-refractivity contribution in [3.63, 3.8) is 0 Å². The number of hydrogen-bond acceptors (Lipinski definition) is 3. The number of hydrogen-bond donors (Lipinski definition) is 2. The van der Waals surface area contributed by atoms with E-state index < -0.39 is 56.8 Å². The summed E-state index contributed by atoms with van der Waals surface area (Å²) in [6.07, 6.45) is -0.206. The maximum Gasteiger partial charge on any atom is 0.257 e. The van der Waals surface area contributed by atoms with Crippen molar-refractivity contribution >= 4 is 73.8 Å². The molecule has 0 aliphatic heterocycles. The number of nitrogens with two attached hydrogens (primary N) is 1. The first-order valence-corrected chi connectivity index (χ1v) is 12.1. The molecule has 0 radical (unpaired) electrons. The lowest BCUT2D eigenvalue weighted by molar-refractivity contribution is -0.119. The molecule has 0 spiro atoms. The van der Waals surface area contributed by atoms with Crippen molar-refractivity contribution in [3.05, 3.63) is 91.9 Å². The van der Waals surface area contributed by atoms with Crippen molar-refractivity contribution < 1.29 is 27.2 Å². The second kappa shape index (κ2) is 9.85. The number of ketones is 1. The number of halogens is 8. The number of anilines is 2. The van der Waals surface area contributed by atoms with Crippen LogP contribution in [0.4, 0.5) is 28.9 Å². The number of carbonyl (C=O) groups excluding carboxylic acids is 2. The molecule has 1 saturated carbocycles. The average Bonchev–Trinajstić information content (AvgIpc) is 3.40. The van der Waals surface area contributed by atoms with Gasteiger partial charge in [-0.2, -0.15) is 0 Å². The molecule has 1 fully saturated rings. The van der Waals surface area contributed by atoms with E-state index in [1.54, 1.807) is 0 Å². The van der Waals surface area contributed by atoms with Crippen molar-refractivity contribution in [1.29, 1.82) is 0 Å². The molecule has 3 aromatic carbocycles. The molecule has 12 heteroatoms. The van der Waals surface area contributed by atoms with Gasteiger partial charge in [0.2, 0.25) is 0 Å². The third-order valence-electron chi connectivity index (χ3n) is 5.79. The smallest absolute Gasteiger partial charge is 0.257 e. The molecule has 4 rings (SSSR count). The number of nitrogen functional groups attached to an aromatic ring is 1. The number of nitrogens with one attached hydrogen (secondary N) is 1. The monoisotopic (exact) mass is 622 g/mol. The third-order valence-corrected chi connectivity index (χ3v) is 7.64. The fourth-order valence-corrected chi connectivity index (χ4v) is 5.45. The van der Waals surface area contributed by atoms with E-state index in [2.05, 4.69) is 21.2 Å². The van der Waals surface area contributed by atoms with Crippen LogP contribution in [-0.4, -0.2) is 16.0 Å². The first-order valence-electron chi connectivity index (χ1n) is 10.2.